The first-order valence-corrected chi connectivity index (χ1v) is 7.58. The van der Waals surface area contributed by atoms with Crippen molar-refractivity contribution in [3.05, 3.63) is 71.3 Å². The summed E-state index contributed by atoms with van der Waals surface area (Å²) < 4.78 is 0. The molecular weight excluding hydrogens is 306 g/mol. The highest BCUT2D eigenvalue weighted by Crippen LogP contribution is 2.16. The summed E-state index contributed by atoms with van der Waals surface area (Å²) in [4.78, 5) is 35.1. The van der Waals surface area contributed by atoms with Crippen LogP contribution in [0.25, 0.3) is 0 Å². The lowest BCUT2D eigenvalue weighted by atomic mass is 9.99. The number of hydrogen-bond acceptors (Lipinski definition) is 3. The summed E-state index contributed by atoms with van der Waals surface area (Å²) >= 11 is 0. The Morgan fingerprint density at radius 3 is 2.12 bits per heavy atom. The highest BCUT2D eigenvalue weighted by Gasteiger charge is 2.19. The molecule has 1 N–H and O–H groups in total. The average molecular weight is 325 g/mol. The Labute approximate surface area is 140 Å². The van der Waals surface area contributed by atoms with E-state index >= 15 is 0 Å². The van der Waals surface area contributed by atoms with Crippen molar-refractivity contribution in [3.8, 4) is 0 Å². The molecule has 2 aromatic carbocycles. The smallest absolute Gasteiger partial charge is 0.372 e. The van der Waals surface area contributed by atoms with Crippen LogP contribution in [0.5, 0.6) is 0 Å². The average Bonchev–Trinajstić information content (AvgIpc) is 2.57. The molecule has 0 saturated heterocycles. The van der Waals surface area contributed by atoms with Crippen LogP contribution in [0.2, 0.25) is 0 Å². The molecule has 0 unspecified atom stereocenters. The van der Waals surface area contributed by atoms with E-state index in [4.69, 9.17) is 5.11 Å². The van der Waals surface area contributed by atoms with Gasteiger partial charge in [-0.05, 0) is 23.1 Å². The van der Waals surface area contributed by atoms with Gasteiger partial charge in [0.05, 0.1) is 6.42 Å². The molecule has 0 heterocycles. The number of carboxylic acid groups (broad SMARTS) is 1. The fourth-order valence-corrected chi connectivity index (χ4v) is 2.39. The van der Waals surface area contributed by atoms with Crippen LogP contribution >= 0.6 is 0 Å². The monoisotopic (exact) mass is 325 g/mol. The molecule has 0 aliphatic carbocycles. The third-order valence-corrected chi connectivity index (χ3v) is 3.74. The van der Waals surface area contributed by atoms with Crippen molar-refractivity contribution in [2.24, 2.45) is 0 Å². The Bertz CT molecular complexity index is 740. The highest BCUT2D eigenvalue weighted by atomic mass is 16.4. The molecule has 0 aliphatic rings. The molecule has 124 valence electrons. The number of aliphatic carboxylic acids is 1. The van der Waals surface area contributed by atoms with E-state index in [1.54, 1.807) is 7.05 Å². The number of ketones is 1. The fourth-order valence-electron chi connectivity index (χ4n) is 2.39. The zero-order chi connectivity index (χ0) is 17.5. The van der Waals surface area contributed by atoms with Crippen LogP contribution in [0.3, 0.4) is 0 Å². The first kappa shape index (κ1) is 17.4. The lowest BCUT2D eigenvalue weighted by Gasteiger charge is -2.19. The van der Waals surface area contributed by atoms with Crippen LogP contribution in [0, 0.1) is 0 Å². The second-order valence-electron chi connectivity index (χ2n) is 5.59. The van der Waals surface area contributed by atoms with Gasteiger partial charge in [-0.1, -0.05) is 54.6 Å². The van der Waals surface area contributed by atoms with E-state index in [1.165, 1.54) is 10.5 Å². The van der Waals surface area contributed by atoms with Gasteiger partial charge in [-0.25, -0.2) is 4.79 Å². The first-order chi connectivity index (χ1) is 11.5. The number of carbonyl (C=O) groups excluding carboxylic acids is 2. The Balaban J connectivity index is 2.08. The van der Waals surface area contributed by atoms with Crippen molar-refractivity contribution in [3.63, 3.8) is 0 Å². The van der Waals surface area contributed by atoms with Crippen LogP contribution < -0.4 is 0 Å². The molecule has 5 nitrogen and oxygen atoms in total. The lowest BCUT2D eigenvalue weighted by Crippen LogP contribution is -2.30. The standard InChI is InChI=1S/C19H19NO4/c1-20(18(22)12-17(21)19(23)24)13-16-10-6-5-9-15(16)11-14-7-3-2-4-8-14/h2-10H,11-13H2,1H3,(H,23,24). The molecule has 0 spiro atoms. The van der Waals surface area contributed by atoms with Gasteiger partial charge in [-0.2, -0.15) is 0 Å². The van der Waals surface area contributed by atoms with Gasteiger partial charge in [0.2, 0.25) is 11.7 Å². The van der Waals surface area contributed by atoms with E-state index in [1.807, 2.05) is 54.6 Å². The predicted octanol–water partition coefficient (Wildman–Crippen LogP) is 2.28. The second kappa shape index (κ2) is 8.06. The summed E-state index contributed by atoms with van der Waals surface area (Å²) in [5.41, 5.74) is 3.23. The van der Waals surface area contributed by atoms with Crippen LogP contribution in [-0.2, 0) is 27.3 Å². The van der Waals surface area contributed by atoms with Gasteiger partial charge in [-0.3, -0.25) is 9.59 Å². The van der Waals surface area contributed by atoms with Crippen molar-refractivity contribution in [1.29, 1.82) is 0 Å². The minimum absolute atomic E-state index is 0.328. The first-order valence-electron chi connectivity index (χ1n) is 7.58. The molecule has 0 fully saturated rings. The Morgan fingerprint density at radius 2 is 1.50 bits per heavy atom. The van der Waals surface area contributed by atoms with Gasteiger partial charge in [0.15, 0.2) is 0 Å². The molecule has 0 aliphatic heterocycles. The van der Waals surface area contributed by atoms with Gasteiger partial charge < -0.3 is 10.0 Å². The Morgan fingerprint density at radius 1 is 0.917 bits per heavy atom. The molecule has 5 heteroatoms. The number of carbonyl (C=O) groups is 3. The second-order valence-corrected chi connectivity index (χ2v) is 5.59. The van der Waals surface area contributed by atoms with Crippen molar-refractivity contribution >= 4 is 17.7 Å². The molecule has 2 rings (SSSR count). The summed E-state index contributed by atoms with van der Waals surface area (Å²) in [5, 5.41) is 8.59. The predicted molar refractivity (Wildman–Crippen MR) is 89.4 cm³/mol. The SMILES string of the molecule is CN(Cc1ccccc1Cc1ccccc1)C(=O)CC(=O)C(=O)O. The number of nitrogens with zero attached hydrogens (tertiary/aromatic N) is 1. The third-order valence-electron chi connectivity index (χ3n) is 3.74. The summed E-state index contributed by atoms with van der Waals surface area (Å²) in [5.74, 6) is -3.18. The molecule has 1 amide bonds. The summed E-state index contributed by atoms with van der Waals surface area (Å²) in [6.07, 6.45) is 0.125. The topological polar surface area (TPSA) is 74.7 Å². The highest BCUT2D eigenvalue weighted by molar-refractivity contribution is 6.36. The summed E-state index contributed by atoms with van der Waals surface area (Å²) in [6.45, 7) is 0.328. The van der Waals surface area contributed by atoms with Crippen molar-refractivity contribution < 1.29 is 19.5 Å². The van der Waals surface area contributed by atoms with E-state index < -0.39 is 24.1 Å². The van der Waals surface area contributed by atoms with E-state index in [9.17, 15) is 14.4 Å². The van der Waals surface area contributed by atoms with Gasteiger partial charge in [0, 0.05) is 13.6 Å². The number of hydrogen-bond donors (Lipinski definition) is 1. The summed E-state index contributed by atoms with van der Waals surface area (Å²) in [6, 6.07) is 17.8. The van der Waals surface area contributed by atoms with Crippen LogP contribution in [0.1, 0.15) is 23.1 Å². The summed E-state index contributed by atoms with van der Waals surface area (Å²) in [7, 11) is 1.57. The molecule has 24 heavy (non-hydrogen) atoms. The van der Waals surface area contributed by atoms with Gasteiger partial charge in [-0.15, -0.1) is 0 Å². The molecule has 0 aromatic heterocycles. The minimum Gasteiger partial charge on any atom is -0.475 e. The zero-order valence-electron chi connectivity index (χ0n) is 13.4. The Kier molecular flexibility index (Phi) is 5.84. The van der Waals surface area contributed by atoms with Gasteiger partial charge in [0.1, 0.15) is 0 Å². The van der Waals surface area contributed by atoms with E-state index in [-0.39, 0.29) is 0 Å². The normalized spacial score (nSPS) is 10.2. The third kappa shape index (κ3) is 4.78. The lowest BCUT2D eigenvalue weighted by molar-refractivity contribution is -0.151. The Hall–Kier alpha value is -2.95. The largest absolute Gasteiger partial charge is 0.475 e. The molecule has 0 atom stereocenters. The molecule has 2 aromatic rings. The van der Waals surface area contributed by atoms with Gasteiger partial charge in [0.25, 0.3) is 0 Å². The maximum atomic E-state index is 12.0. The minimum atomic E-state index is -1.58. The number of rotatable bonds is 7. The van der Waals surface area contributed by atoms with Crippen molar-refractivity contribution in [2.75, 3.05) is 7.05 Å². The van der Waals surface area contributed by atoms with Gasteiger partial charge >= 0.3 is 5.97 Å². The number of Topliss-reactive ketones (excluding diaryl/α,β-unsaturated/α-hetero) is 1. The number of benzene rings is 2. The van der Waals surface area contributed by atoms with Crippen LogP contribution in [-0.4, -0.2) is 34.7 Å². The molecule has 0 bridgehead atoms. The van der Waals surface area contributed by atoms with Crippen LogP contribution in [0.15, 0.2) is 54.6 Å². The van der Waals surface area contributed by atoms with E-state index in [0.717, 1.165) is 17.5 Å². The van der Waals surface area contributed by atoms with E-state index in [0.29, 0.717) is 6.54 Å². The zero-order valence-corrected chi connectivity index (χ0v) is 13.4. The quantitative estimate of drug-likeness (QED) is 0.626. The molecule has 0 saturated carbocycles. The van der Waals surface area contributed by atoms with Crippen molar-refractivity contribution in [2.45, 2.75) is 19.4 Å². The van der Waals surface area contributed by atoms with E-state index in [2.05, 4.69) is 0 Å². The van der Waals surface area contributed by atoms with Crippen molar-refractivity contribution in [1.82, 2.24) is 4.90 Å². The molecular formula is C19H19NO4. The maximum absolute atomic E-state index is 12.0. The number of carboxylic acids is 1. The van der Waals surface area contributed by atoms with Crippen LogP contribution in [0.4, 0.5) is 0 Å². The molecule has 0 radical (unpaired) electrons. The number of amides is 1. The maximum Gasteiger partial charge on any atom is 0.372 e. The fraction of sp³-hybridized carbons (Fsp3) is 0.211.